The van der Waals surface area contributed by atoms with Crippen LogP contribution in [-0.2, 0) is 25.6 Å². The van der Waals surface area contributed by atoms with Crippen LogP contribution >= 0.6 is 0 Å². The third-order valence-electron chi connectivity index (χ3n) is 2.58. The Bertz CT molecular complexity index is 480. The number of hydrogen-bond acceptors (Lipinski definition) is 6. The Hall–Kier alpha value is -1.18. The third kappa shape index (κ3) is 3.94. The van der Waals surface area contributed by atoms with E-state index in [0.29, 0.717) is 13.2 Å². The minimum Gasteiger partial charge on any atom is -0.378 e. The predicted octanol–water partition coefficient (Wildman–Crippen LogP) is 0.394. The summed E-state index contributed by atoms with van der Waals surface area (Å²) in [5.74, 6) is 0.876. The second-order valence-electron chi connectivity index (χ2n) is 4.09. The van der Waals surface area contributed by atoms with E-state index >= 15 is 0 Å². The highest BCUT2D eigenvalue weighted by molar-refractivity contribution is 7.85. The first-order chi connectivity index (χ1) is 8.54. The fourth-order valence-electron chi connectivity index (χ4n) is 1.66. The van der Waals surface area contributed by atoms with E-state index in [1.807, 2.05) is 12.1 Å². The van der Waals surface area contributed by atoms with Crippen molar-refractivity contribution in [3.05, 3.63) is 23.9 Å². The number of aromatic nitrogens is 1. The van der Waals surface area contributed by atoms with Crippen molar-refractivity contribution in [2.75, 3.05) is 37.5 Å². The SMILES string of the molecule is CS(=O)(=O)OCc1ccc(N2CCOCC2)nc1. The van der Waals surface area contributed by atoms with Crippen molar-refractivity contribution < 1.29 is 17.3 Å². The highest BCUT2D eigenvalue weighted by Gasteiger charge is 2.12. The maximum atomic E-state index is 10.9. The molecule has 0 amide bonds. The van der Waals surface area contributed by atoms with Crippen molar-refractivity contribution in [1.82, 2.24) is 4.98 Å². The zero-order valence-corrected chi connectivity index (χ0v) is 11.0. The molecule has 100 valence electrons. The van der Waals surface area contributed by atoms with E-state index in [1.165, 1.54) is 0 Å². The molecule has 0 N–H and O–H groups in total. The number of morpholine rings is 1. The highest BCUT2D eigenvalue weighted by atomic mass is 32.2. The van der Waals surface area contributed by atoms with Crippen LogP contribution < -0.4 is 4.90 Å². The van der Waals surface area contributed by atoms with Gasteiger partial charge < -0.3 is 9.64 Å². The van der Waals surface area contributed by atoms with E-state index in [2.05, 4.69) is 9.88 Å². The molecule has 1 aliphatic heterocycles. The van der Waals surface area contributed by atoms with Gasteiger partial charge in [-0.3, -0.25) is 4.18 Å². The second-order valence-corrected chi connectivity index (χ2v) is 5.73. The quantitative estimate of drug-likeness (QED) is 0.739. The van der Waals surface area contributed by atoms with Crippen LogP contribution in [0.25, 0.3) is 0 Å². The van der Waals surface area contributed by atoms with Crippen LogP contribution in [-0.4, -0.2) is 46.0 Å². The number of hydrogen-bond donors (Lipinski definition) is 0. The zero-order valence-electron chi connectivity index (χ0n) is 10.2. The average molecular weight is 272 g/mol. The lowest BCUT2D eigenvalue weighted by atomic mass is 10.3. The summed E-state index contributed by atoms with van der Waals surface area (Å²) in [5, 5.41) is 0. The monoisotopic (exact) mass is 272 g/mol. The first-order valence-corrected chi connectivity index (χ1v) is 7.48. The third-order valence-corrected chi connectivity index (χ3v) is 3.13. The predicted molar refractivity (Wildman–Crippen MR) is 66.9 cm³/mol. The summed E-state index contributed by atoms with van der Waals surface area (Å²) in [6, 6.07) is 3.69. The number of anilines is 1. The Balaban J connectivity index is 1.96. The van der Waals surface area contributed by atoms with Gasteiger partial charge in [-0.05, 0) is 11.6 Å². The molecule has 1 aliphatic rings. The van der Waals surface area contributed by atoms with Crippen LogP contribution in [0, 0.1) is 0 Å². The Morgan fingerprint density at radius 1 is 1.39 bits per heavy atom. The van der Waals surface area contributed by atoms with Crippen LogP contribution in [0.1, 0.15) is 5.56 Å². The minimum absolute atomic E-state index is 0.0230. The average Bonchev–Trinajstić information content (AvgIpc) is 2.37. The Labute approximate surface area is 107 Å². The molecule has 1 fully saturated rings. The molecule has 2 rings (SSSR count). The molecule has 0 atom stereocenters. The first kappa shape index (κ1) is 13.3. The summed E-state index contributed by atoms with van der Waals surface area (Å²) in [6.45, 7) is 3.09. The zero-order chi connectivity index (χ0) is 13.0. The molecule has 0 spiro atoms. The molecule has 1 aromatic rings. The van der Waals surface area contributed by atoms with Crippen LogP contribution in [0.3, 0.4) is 0 Å². The molecule has 18 heavy (non-hydrogen) atoms. The first-order valence-electron chi connectivity index (χ1n) is 5.67. The Morgan fingerprint density at radius 2 is 2.11 bits per heavy atom. The Morgan fingerprint density at radius 3 is 2.67 bits per heavy atom. The van der Waals surface area contributed by atoms with E-state index in [0.717, 1.165) is 30.7 Å². The molecular weight excluding hydrogens is 256 g/mol. The number of nitrogens with zero attached hydrogens (tertiary/aromatic N) is 2. The number of rotatable bonds is 4. The van der Waals surface area contributed by atoms with Gasteiger partial charge in [0.1, 0.15) is 5.82 Å². The molecule has 0 aliphatic carbocycles. The van der Waals surface area contributed by atoms with Gasteiger partial charge in [0, 0.05) is 19.3 Å². The maximum Gasteiger partial charge on any atom is 0.264 e. The lowest BCUT2D eigenvalue weighted by Gasteiger charge is -2.27. The fraction of sp³-hybridized carbons (Fsp3) is 0.545. The second kappa shape index (κ2) is 5.64. The van der Waals surface area contributed by atoms with Crippen molar-refractivity contribution in [3.8, 4) is 0 Å². The van der Waals surface area contributed by atoms with E-state index in [9.17, 15) is 8.42 Å². The van der Waals surface area contributed by atoms with Gasteiger partial charge in [0.25, 0.3) is 10.1 Å². The lowest BCUT2D eigenvalue weighted by molar-refractivity contribution is 0.122. The highest BCUT2D eigenvalue weighted by Crippen LogP contribution is 2.13. The topological polar surface area (TPSA) is 68.7 Å². The summed E-state index contributed by atoms with van der Waals surface area (Å²) < 4.78 is 31.7. The van der Waals surface area contributed by atoms with E-state index in [4.69, 9.17) is 8.92 Å². The standard InChI is InChI=1S/C11H16N2O4S/c1-18(14,15)17-9-10-2-3-11(12-8-10)13-4-6-16-7-5-13/h2-3,8H,4-7,9H2,1H3. The molecule has 2 heterocycles. The van der Waals surface area contributed by atoms with Gasteiger partial charge >= 0.3 is 0 Å². The summed E-state index contributed by atoms with van der Waals surface area (Å²) in [4.78, 5) is 6.43. The fourth-order valence-corrected chi connectivity index (χ4v) is 2.01. The van der Waals surface area contributed by atoms with Gasteiger partial charge in [0.05, 0.1) is 26.1 Å². The van der Waals surface area contributed by atoms with Crippen molar-refractivity contribution in [2.24, 2.45) is 0 Å². The molecular formula is C11H16N2O4S. The molecule has 1 saturated heterocycles. The molecule has 0 radical (unpaired) electrons. The van der Waals surface area contributed by atoms with E-state index in [-0.39, 0.29) is 6.61 Å². The summed E-state index contributed by atoms with van der Waals surface area (Å²) >= 11 is 0. The maximum absolute atomic E-state index is 10.9. The van der Waals surface area contributed by atoms with Crippen LogP contribution in [0.5, 0.6) is 0 Å². The van der Waals surface area contributed by atoms with E-state index in [1.54, 1.807) is 6.20 Å². The van der Waals surface area contributed by atoms with Gasteiger partial charge in [-0.1, -0.05) is 6.07 Å². The van der Waals surface area contributed by atoms with Crippen LogP contribution in [0.15, 0.2) is 18.3 Å². The van der Waals surface area contributed by atoms with E-state index < -0.39 is 10.1 Å². The summed E-state index contributed by atoms with van der Waals surface area (Å²) in [5.41, 5.74) is 0.734. The minimum atomic E-state index is -3.41. The van der Waals surface area contributed by atoms with Gasteiger partial charge in [0.15, 0.2) is 0 Å². The molecule has 1 aromatic heterocycles. The smallest absolute Gasteiger partial charge is 0.264 e. The van der Waals surface area contributed by atoms with Gasteiger partial charge in [0.2, 0.25) is 0 Å². The number of ether oxygens (including phenoxy) is 1. The van der Waals surface area contributed by atoms with Crippen molar-refractivity contribution in [2.45, 2.75) is 6.61 Å². The molecule has 0 aromatic carbocycles. The van der Waals surface area contributed by atoms with Crippen LogP contribution in [0.2, 0.25) is 0 Å². The summed E-state index contributed by atoms with van der Waals surface area (Å²) in [6.07, 6.45) is 2.67. The number of pyridine rings is 1. The summed E-state index contributed by atoms with van der Waals surface area (Å²) in [7, 11) is -3.41. The molecule has 7 heteroatoms. The Kier molecular flexibility index (Phi) is 4.15. The van der Waals surface area contributed by atoms with Crippen molar-refractivity contribution in [3.63, 3.8) is 0 Å². The normalized spacial score (nSPS) is 16.8. The molecule has 0 unspecified atom stereocenters. The largest absolute Gasteiger partial charge is 0.378 e. The van der Waals surface area contributed by atoms with Crippen molar-refractivity contribution >= 4 is 15.9 Å². The molecule has 0 saturated carbocycles. The van der Waals surface area contributed by atoms with Gasteiger partial charge in [-0.2, -0.15) is 8.42 Å². The van der Waals surface area contributed by atoms with Crippen LogP contribution in [0.4, 0.5) is 5.82 Å². The molecule has 0 bridgehead atoms. The molecule has 6 nitrogen and oxygen atoms in total. The lowest BCUT2D eigenvalue weighted by Crippen LogP contribution is -2.36. The van der Waals surface area contributed by atoms with Gasteiger partial charge in [-0.25, -0.2) is 4.98 Å². The van der Waals surface area contributed by atoms with Gasteiger partial charge in [-0.15, -0.1) is 0 Å². The van der Waals surface area contributed by atoms with Crippen molar-refractivity contribution in [1.29, 1.82) is 0 Å².